The van der Waals surface area contributed by atoms with Crippen LogP contribution < -0.4 is 10.1 Å². The van der Waals surface area contributed by atoms with Gasteiger partial charge in [-0.05, 0) is 43.8 Å². The van der Waals surface area contributed by atoms with E-state index in [9.17, 15) is 0 Å². The van der Waals surface area contributed by atoms with E-state index in [4.69, 9.17) is 4.74 Å². The minimum Gasteiger partial charge on any atom is -0.493 e. The van der Waals surface area contributed by atoms with Gasteiger partial charge in [-0.2, -0.15) is 0 Å². The molecule has 2 heteroatoms. The van der Waals surface area contributed by atoms with E-state index < -0.39 is 0 Å². The molecule has 0 saturated heterocycles. The zero-order valence-corrected chi connectivity index (χ0v) is 11.7. The van der Waals surface area contributed by atoms with Gasteiger partial charge >= 0.3 is 0 Å². The summed E-state index contributed by atoms with van der Waals surface area (Å²) >= 11 is 0. The third-order valence-corrected chi connectivity index (χ3v) is 3.18. The molecule has 0 heterocycles. The molecule has 0 aromatic heterocycles. The molecule has 0 fully saturated rings. The van der Waals surface area contributed by atoms with Crippen LogP contribution in [0, 0.1) is 0 Å². The Hall–Kier alpha value is -1.54. The van der Waals surface area contributed by atoms with Crippen LogP contribution in [0.4, 0.5) is 0 Å². The topological polar surface area (TPSA) is 21.3 Å². The van der Waals surface area contributed by atoms with Gasteiger partial charge in [-0.1, -0.05) is 43.3 Å². The maximum atomic E-state index is 5.90. The molecule has 0 radical (unpaired) electrons. The van der Waals surface area contributed by atoms with Crippen LogP contribution in [0.3, 0.4) is 0 Å². The number of nitrogens with one attached hydrogen (secondary N) is 1. The highest BCUT2D eigenvalue weighted by atomic mass is 16.5. The lowest BCUT2D eigenvalue weighted by Gasteiger charge is -2.09. The Balaban J connectivity index is 1.78. The summed E-state index contributed by atoms with van der Waals surface area (Å²) in [6.45, 7) is 5.19. The van der Waals surface area contributed by atoms with Crippen molar-refractivity contribution in [2.24, 2.45) is 0 Å². The van der Waals surface area contributed by atoms with E-state index in [1.54, 1.807) is 0 Å². The van der Waals surface area contributed by atoms with Gasteiger partial charge in [0.15, 0.2) is 0 Å². The van der Waals surface area contributed by atoms with E-state index in [0.717, 1.165) is 31.9 Å². The predicted molar refractivity (Wildman–Crippen MR) is 81.8 cm³/mol. The van der Waals surface area contributed by atoms with Crippen LogP contribution in [-0.4, -0.2) is 19.7 Å². The standard InChI is InChI=1S/C17H23NO/c1-2-12-18-13-5-6-14-19-17-11-7-9-15-8-3-4-10-16(15)17/h3-4,7-11,18H,2,5-6,12-14H2,1H3. The van der Waals surface area contributed by atoms with Crippen LogP contribution in [0.25, 0.3) is 10.8 Å². The van der Waals surface area contributed by atoms with Crippen molar-refractivity contribution >= 4 is 10.8 Å². The molecule has 0 aliphatic rings. The predicted octanol–water partition coefficient (Wildman–Crippen LogP) is 4.00. The summed E-state index contributed by atoms with van der Waals surface area (Å²) in [7, 11) is 0. The second-order valence-corrected chi connectivity index (χ2v) is 4.78. The third-order valence-electron chi connectivity index (χ3n) is 3.18. The highest BCUT2D eigenvalue weighted by Crippen LogP contribution is 2.25. The molecular formula is C17H23NO. The van der Waals surface area contributed by atoms with Crippen LogP contribution in [-0.2, 0) is 0 Å². The zero-order chi connectivity index (χ0) is 13.3. The lowest BCUT2D eigenvalue weighted by molar-refractivity contribution is 0.309. The summed E-state index contributed by atoms with van der Waals surface area (Å²) < 4.78 is 5.90. The van der Waals surface area contributed by atoms with Gasteiger partial charge < -0.3 is 10.1 Å². The average Bonchev–Trinajstić information content (AvgIpc) is 2.46. The Morgan fingerprint density at radius 1 is 0.947 bits per heavy atom. The SMILES string of the molecule is CCCNCCCCOc1cccc2ccccc12. The molecule has 0 bridgehead atoms. The second kappa shape index (κ2) is 7.80. The van der Waals surface area contributed by atoms with E-state index >= 15 is 0 Å². The van der Waals surface area contributed by atoms with E-state index in [0.29, 0.717) is 0 Å². The maximum absolute atomic E-state index is 5.90. The molecule has 0 spiro atoms. The Morgan fingerprint density at radius 2 is 1.79 bits per heavy atom. The monoisotopic (exact) mass is 257 g/mol. The van der Waals surface area contributed by atoms with Crippen LogP contribution in [0.2, 0.25) is 0 Å². The van der Waals surface area contributed by atoms with Crippen LogP contribution in [0.15, 0.2) is 42.5 Å². The van der Waals surface area contributed by atoms with Gasteiger partial charge in [-0.15, -0.1) is 0 Å². The summed E-state index contributed by atoms with van der Waals surface area (Å²) in [6.07, 6.45) is 3.47. The second-order valence-electron chi connectivity index (χ2n) is 4.78. The van der Waals surface area contributed by atoms with Gasteiger partial charge in [0.1, 0.15) is 5.75 Å². The zero-order valence-electron chi connectivity index (χ0n) is 11.7. The molecule has 0 amide bonds. The summed E-state index contributed by atoms with van der Waals surface area (Å²) in [5.74, 6) is 1.000. The Bertz CT molecular complexity index is 490. The van der Waals surface area contributed by atoms with Gasteiger partial charge in [0.2, 0.25) is 0 Å². The van der Waals surface area contributed by atoms with Crippen molar-refractivity contribution in [2.75, 3.05) is 19.7 Å². The highest BCUT2D eigenvalue weighted by Gasteiger charge is 2.00. The van der Waals surface area contributed by atoms with Crippen molar-refractivity contribution in [3.8, 4) is 5.75 Å². The van der Waals surface area contributed by atoms with Gasteiger partial charge in [-0.3, -0.25) is 0 Å². The first-order chi connectivity index (χ1) is 9.42. The molecule has 2 nitrogen and oxygen atoms in total. The molecular weight excluding hydrogens is 234 g/mol. The smallest absolute Gasteiger partial charge is 0.127 e. The summed E-state index contributed by atoms with van der Waals surface area (Å²) in [4.78, 5) is 0. The normalized spacial score (nSPS) is 10.8. The Kier molecular flexibility index (Phi) is 5.70. The fraction of sp³-hybridized carbons (Fsp3) is 0.412. The van der Waals surface area contributed by atoms with E-state index in [1.165, 1.54) is 23.6 Å². The van der Waals surface area contributed by atoms with Crippen molar-refractivity contribution in [3.63, 3.8) is 0 Å². The molecule has 0 aliphatic carbocycles. The Morgan fingerprint density at radius 3 is 2.68 bits per heavy atom. The van der Waals surface area contributed by atoms with Crippen molar-refractivity contribution in [3.05, 3.63) is 42.5 Å². The lowest BCUT2D eigenvalue weighted by Crippen LogP contribution is -2.16. The van der Waals surface area contributed by atoms with Gasteiger partial charge in [-0.25, -0.2) is 0 Å². The summed E-state index contributed by atoms with van der Waals surface area (Å²) in [5, 5.41) is 5.85. The third kappa shape index (κ3) is 4.25. The maximum Gasteiger partial charge on any atom is 0.127 e. The Labute approximate surface area is 115 Å². The molecule has 0 saturated carbocycles. The van der Waals surface area contributed by atoms with E-state index in [-0.39, 0.29) is 0 Å². The molecule has 19 heavy (non-hydrogen) atoms. The summed E-state index contributed by atoms with van der Waals surface area (Å²) in [6, 6.07) is 14.6. The fourth-order valence-electron chi connectivity index (χ4n) is 2.16. The largest absolute Gasteiger partial charge is 0.493 e. The molecule has 0 atom stereocenters. The van der Waals surface area contributed by atoms with Crippen molar-refractivity contribution in [2.45, 2.75) is 26.2 Å². The van der Waals surface area contributed by atoms with E-state index in [1.807, 2.05) is 0 Å². The number of hydrogen-bond acceptors (Lipinski definition) is 2. The quantitative estimate of drug-likeness (QED) is 0.722. The first-order valence-electron chi connectivity index (χ1n) is 7.23. The minimum atomic E-state index is 0.793. The molecule has 0 aliphatic heterocycles. The van der Waals surface area contributed by atoms with Crippen LogP contribution in [0.5, 0.6) is 5.75 Å². The number of benzene rings is 2. The number of hydrogen-bond donors (Lipinski definition) is 1. The summed E-state index contributed by atoms with van der Waals surface area (Å²) in [5.41, 5.74) is 0. The van der Waals surface area contributed by atoms with Crippen LogP contribution >= 0.6 is 0 Å². The highest BCUT2D eigenvalue weighted by molar-refractivity contribution is 5.88. The minimum absolute atomic E-state index is 0.793. The first kappa shape index (κ1) is 13.9. The fourth-order valence-corrected chi connectivity index (χ4v) is 2.16. The number of fused-ring (bicyclic) bond motifs is 1. The van der Waals surface area contributed by atoms with Crippen molar-refractivity contribution in [1.29, 1.82) is 0 Å². The lowest BCUT2D eigenvalue weighted by atomic mass is 10.1. The van der Waals surface area contributed by atoms with Crippen molar-refractivity contribution < 1.29 is 4.74 Å². The first-order valence-corrected chi connectivity index (χ1v) is 7.23. The van der Waals surface area contributed by atoms with E-state index in [2.05, 4.69) is 54.7 Å². The van der Waals surface area contributed by atoms with Gasteiger partial charge in [0.05, 0.1) is 6.61 Å². The molecule has 0 unspecified atom stereocenters. The molecule has 1 N–H and O–H groups in total. The number of unbranched alkanes of at least 4 members (excludes halogenated alkanes) is 1. The van der Waals surface area contributed by atoms with Crippen molar-refractivity contribution in [1.82, 2.24) is 5.32 Å². The number of ether oxygens (including phenoxy) is 1. The molecule has 2 aromatic carbocycles. The number of rotatable bonds is 8. The molecule has 2 aromatic rings. The van der Waals surface area contributed by atoms with Crippen LogP contribution in [0.1, 0.15) is 26.2 Å². The average molecular weight is 257 g/mol. The van der Waals surface area contributed by atoms with Gasteiger partial charge in [0.25, 0.3) is 0 Å². The molecule has 102 valence electrons. The molecule has 2 rings (SSSR count). The van der Waals surface area contributed by atoms with Gasteiger partial charge in [0, 0.05) is 5.39 Å².